The monoisotopic (exact) mass is 395 g/mol. The summed E-state index contributed by atoms with van der Waals surface area (Å²) in [6.07, 6.45) is 5.37. The summed E-state index contributed by atoms with van der Waals surface area (Å²) in [4.78, 5) is 0. The fourth-order valence-electron chi connectivity index (χ4n) is 2.63. The van der Waals surface area contributed by atoms with Crippen LogP contribution in [0.5, 0.6) is 0 Å². The fourth-order valence-corrected chi connectivity index (χ4v) is 2.85. The predicted octanol–water partition coefficient (Wildman–Crippen LogP) is 5.43. The fraction of sp³-hybridized carbons (Fsp3) is 0.500. The third-order valence-electron chi connectivity index (χ3n) is 4.18. The van der Waals surface area contributed by atoms with Gasteiger partial charge in [0.2, 0.25) is 0 Å². The van der Waals surface area contributed by atoms with Crippen molar-refractivity contribution in [1.82, 2.24) is 10.3 Å². The molecule has 0 fully saturated rings. The molecule has 0 bridgehead atoms. The van der Waals surface area contributed by atoms with E-state index >= 15 is 0 Å². The molecule has 0 amide bonds. The van der Waals surface area contributed by atoms with Gasteiger partial charge in [-0.3, -0.25) is 10.3 Å². The van der Waals surface area contributed by atoms with E-state index in [1.807, 2.05) is 20.9 Å². The van der Waals surface area contributed by atoms with Gasteiger partial charge in [0.25, 0.3) is 0 Å². The number of hydrogen-bond acceptors (Lipinski definition) is 4. The lowest BCUT2D eigenvalue weighted by atomic mass is 10.0. The van der Waals surface area contributed by atoms with Crippen molar-refractivity contribution in [2.24, 2.45) is 10.3 Å². The molecule has 1 aromatic carbocycles. The highest BCUT2D eigenvalue weighted by atomic mass is 35.5. The van der Waals surface area contributed by atoms with Crippen LogP contribution >= 0.6 is 11.6 Å². The van der Waals surface area contributed by atoms with Gasteiger partial charge in [-0.25, -0.2) is 4.39 Å². The summed E-state index contributed by atoms with van der Waals surface area (Å²) >= 11 is 6.17. The zero-order valence-electron chi connectivity index (χ0n) is 16.7. The van der Waals surface area contributed by atoms with Crippen molar-refractivity contribution in [2.75, 3.05) is 25.5 Å². The second-order valence-electron chi connectivity index (χ2n) is 6.26. The molecule has 7 heteroatoms. The van der Waals surface area contributed by atoms with Gasteiger partial charge < -0.3 is 5.32 Å². The molecule has 2 unspecified atom stereocenters. The molecule has 0 radical (unpaired) electrons. The number of hydrogen-bond donors (Lipinski definition) is 2. The number of allylic oxidation sites excluding steroid dienone is 1. The average molecular weight is 396 g/mol. The van der Waals surface area contributed by atoms with E-state index in [1.54, 1.807) is 23.2 Å². The van der Waals surface area contributed by atoms with Crippen LogP contribution in [0.4, 0.5) is 10.1 Å². The van der Waals surface area contributed by atoms with Crippen LogP contribution < -0.4 is 10.6 Å². The SMILES string of the molecule is C=CCNC(C)/N=N\N(C)CCC(Nc1c(F)cccc1Cl)/C(=C/C)CC. The van der Waals surface area contributed by atoms with Gasteiger partial charge in [-0.1, -0.05) is 47.5 Å². The van der Waals surface area contributed by atoms with E-state index in [4.69, 9.17) is 11.6 Å². The zero-order valence-corrected chi connectivity index (χ0v) is 17.4. The van der Waals surface area contributed by atoms with E-state index in [2.05, 4.69) is 40.5 Å². The molecule has 27 heavy (non-hydrogen) atoms. The van der Waals surface area contributed by atoms with Crippen molar-refractivity contribution in [3.05, 3.63) is 53.3 Å². The van der Waals surface area contributed by atoms with Gasteiger partial charge in [-0.15, -0.1) is 6.58 Å². The maximum Gasteiger partial charge on any atom is 0.147 e. The molecule has 0 saturated heterocycles. The number of nitrogens with zero attached hydrogens (tertiary/aromatic N) is 3. The summed E-state index contributed by atoms with van der Waals surface area (Å²) in [5.74, 6) is -0.353. The van der Waals surface area contributed by atoms with Crippen molar-refractivity contribution in [3.8, 4) is 0 Å². The Labute approximate surface area is 167 Å². The minimum Gasteiger partial charge on any atom is -0.375 e. The Hall–Kier alpha value is -1.92. The Balaban J connectivity index is 2.76. The van der Waals surface area contributed by atoms with Gasteiger partial charge in [-0.2, -0.15) is 5.11 Å². The van der Waals surface area contributed by atoms with Gasteiger partial charge in [0, 0.05) is 26.2 Å². The minimum atomic E-state index is -0.353. The lowest BCUT2D eigenvalue weighted by Crippen LogP contribution is -2.28. The quantitative estimate of drug-likeness (QED) is 0.282. The van der Waals surface area contributed by atoms with E-state index < -0.39 is 0 Å². The highest BCUT2D eigenvalue weighted by molar-refractivity contribution is 6.33. The van der Waals surface area contributed by atoms with E-state index in [9.17, 15) is 4.39 Å². The van der Waals surface area contributed by atoms with Crippen LogP contribution in [-0.2, 0) is 0 Å². The van der Waals surface area contributed by atoms with Crippen molar-refractivity contribution >= 4 is 17.3 Å². The summed E-state index contributed by atoms with van der Waals surface area (Å²) in [5, 5.41) is 17.0. The Bertz CT molecular complexity index is 627. The van der Waals surface area contributed by atoms with E-state index in [0.29, 0.717) is 23.8 Å². The average Bonchev–Trinajstić information content (AvgIpc) is 2.65. The predicted molar refractivity (Wildman–Crippen MR) is 113 cm³/mol. The van der Waals surface area contributed by atoms with Gasteiger partial charge in [0.05, 0.1) is 10.7 Å². The molecule has 0 saturated carbocycles. The van der Waals surface area contributed by atoms with Gasteiger partial charge in [0.15, 0.2) is 0 Å². The van der Waals surface area contributed by atoms with E-state index in [0.717, 1.165) is 12.8 Å². The Morgan fingerprint density at radius 1 is 1.44 bits per heavy atom. The lowest BCUT2D eigenvalue weighted by Gasteiger charge is -2.25. The topological polar surface area (TPSA) is 52.0 Å². The highest BCUT2D eigenvalue weighted by Crippen LogP contribution is 2.27. The molecule has 150 valence electrons. The molecule has 1 rings (SSSR count). The normalized spacial score (nSPS) is 14.2. The summed E-state index contributed by atoms with van der Waals surface area (Å²) in [6, 6.07) is 4.65. The van der Waals surface area contributed by atoms with Crippen LogP contribution in [0.25, 0.3) is 0 Å². The van der Waals surface area contributed by atoms with Gasteiger partial charge >= 0.3 is 0 Å². The molecule has 5 nitrogen and oxygen atoms in total. The van der Waals surface area contributed by atoms with Crippen molar-refractivity contribution in [3.63, 3.8) is 0 Å². The first-order valence-electron chi connectivity index (χ1n) is 9.24. The van der Waals surface area contributed by atoms with Crippen molar-refractivity contribution < 1.29 is 4.39 Å². The Morgan fingerprint density at radius 3 is 2.78 bits per heavy atom. The first-order chi connectivity index (χ1) is 12.9. The molecule has 2 atom stereocenters. The molecule has 0 heterocycles. The number of nitrogens with one attached hydrogen (secondary N) is 2. The first kappa shape index (κ1) is 23.1. The number of anilines is 1. The molecular formula is C20H31ClFN5. The van der Waals surface area contributed by atoms with Crippen molar-refractivity contribution in [2.45, 2.75) is 45.8 Å². The molecule has 0 spiro atoms. The molecule has 2 N–H and O–H groups in total. The molecular weight excluding hydrogens is 365 g/mol. The van der Waals surface area contributed by atoms with Crippen LogP contribution in [0.15, 0.2) is 52.8 Å². The summed E-state index contributed by atoms with van der Waals surface area (Å²) in [5.41, 5.74) is 1.53. The highest BCUT2D eigenvalue weighted by Gasteiger charge is 2.17. The molecule has 1 aromatic rings. The number of para-hydroxylation sites is 1. The Kier molecular flexibility index (Phi) is 10.7. The van der Waals surface area contributed by atoms with Crippen LogP contribution in [-0.4, -0.2) is 37.4 Å². The second kappa shape index (κ2) is 12.5. The maximum absolute atomic E-state index is 14.2. The Morgan fingerprint density at radius 2 is 2.19 bits per heavy atom. The molecule has 0 aliphatic carbocycles. The number of halogens is 2. The van der Waals surface area contributed by atoms with Crippen LogP contribution in [0.2, 0.25) is 5.02 Å². The van der Waals surface area contributed by atoms with Crippen LogP contribution in [0, 0.1) is 5.82 Å². The van der Waals surface area contributed by atoms with Crippen LogP contribution in [0.1, 0.15) is 33.6 Å². The number of benzene rings is 1. The van der Waals surface area contributed by atoms with Gasteiger partial charge in [0.1, 0.15) is 12.0 Å². The third kappa shape index (κ3) is 8.10. The van der Waals surface area contributed by atoms with E-state index in [-0.39, 0.29) is 18.0 Å². The zero-order chi connectivity index (χ0) is 20.2. The van der Waals surface area contributed by atoms with E-state index in [1.165, 1.54) is 11.6 Å². The lowest BCUT2D eigenvalue weighted by molar-refractivity contribution is 0.306. The smallest absolute Gasteiger partial charge is 0.147 e. The minimum absolute atomic E-state index is 0.0386. The van der Waals surface area contributed by atoms with Gasteiger partial charge in [-0.05, 0) is 38.8 Å². The van der Waals surface area contributed by atoms with Crippen LogP contribution in [0.3, 0.4) is 0 Å². The number of rotatable bonds is 12. The van der Waals surface area contributed by atoms with Crippen molar-refractivity contribution in [1.29, 1.82) is 0 Å². The second-order valence-corrected chi connectivity index (χ2v) is 6.67. The molecule has 0 aliphatic rings. The summed E-state index contributed by atoms with van der Waals surface area (Å²) in [7, 11) is 1.87. The maximum atomic E-state index is 14.2. The summed E-state index contributed by atoms with van der Waals surface area (Å²) < 4.78 is 14.2. The molecule has 0 aliphatic heterocycles. The summed E-state index contributed by atoms with van der Waals surface area (Å²) in [6.45, 7) is 11.0. The third-order valence-corrected chi connectivity index (χ3v) is 4.50. The first-order valence-corrected chi connectivity index (χ1v) is 9.62. The largest absolute Gasteiger partial charge is 0.375 e. The molecule has 0 aromatic heterocycles. The standard InChI is InChI=1S/C20H31ClFN5/c1-6-13-23-15(4)25-26-27(5)14-12-19(16(7-2)8-3)24-20-17(21)10-9-11-18(20)22/h6-7,9-11,15,19,23-24H,1,8,12-14H2,2-5H3/b16-7+,26-25-.